The van der Waals surface area contributed by atoms with Crippen molar-refractivity contribution in [1.82, 2.24) is 4.90 Å². The summed E-state index contributed by atoms with van der Waals surface area (Å²) in [4.78, 5) is 14.9. The van der Waals surface area contributed by atoms with Crippen LogP contribution < -0.4 is 9.47 Å². The van der Waals surface area contributed by atoms with Gasteiger partial charge in [-0.1, -0.05) is 43.3 Å². The number of carbonyl (C=O) groups is 1. The number of benzene rings is 2. The van der Waals surface area contributed by atoms with Gasteiger partial charge in [-0.05, 0) is 56.4 Å². The summed E-state index contributed by atoms with van der Waals surface area (Å²) in [6, 6.07) is 16.6. The van der Waals surface area contributed by atoms with Crippen molar-refractivity contribution in [3.05, 3.63) is 59.7 Å². The molecule has 1 atom stereocenters. The Bertz CT molecular complexity index is 896. The number of carbonyl (C=O) groups excluding carboxylic acids is 1. The maximum atomic E-state index is 12.9. The van der Waals surface area contributed by atoms with Crippen LogP contribution in [-0.4, -0.2) is 43.8 Å². The van der Waals surface area contributed by atoms with E-state index in [1.54, 1.807) is 14.2 Å². The Morgan fingerprint density at radius 1 is 1.06 bits per heavy atom. The lowest BCUT2D eigenvalue weighted by molar-refractivity contribution is -0.132. The number of hydrogen-bond acceptors (Lipinski definition) is 4. The molecule has 5 heteroatoms. The van der Waals surface area contributed by atoms with E-state index >= 15 is 0 Å². The molecule has 0 N–H and O–H groups in total. The lowest BCUT2D eigenvalue weighted by atomic mass is 9.67. The van der Waals surface area contributed by atoms with E-state index in [1.165, 1.54) is 5.56 Å². The molecule has 32 heavy (non-hydrogen) atoms. The molecule has 1 heterocycles. The van der Waals surface area contributed by atoms with Gasteiger partial charge in [-0.2, -0.15) is 0 Å². The van der Waals surface area contributed by atoms with E-state index in [1.807, 2.05) is 30.0 Å². The average Bonchev–Trinajstić information content (AvgIpc) is 2.81. The van der Waals surface area contributed by atoms with Gasteiger partial charge in [-0.15, -0.1) is 0 Å². The largest absolute Gasteiger partial charge is 0.493 e. The normalized spacial score (nSPS) is 19.9. The van der Waals surface area contributed by atoms with E-state index in [4.69, 9.17) is 14.2 Å². The van der Waals surface area contributed by atoms with Crippen molar-refractivity contribution >= 4 is 5.91 Å². The fourth-order valence-electron chi connectivity index (χ4n) is 4.94. The standard InChI is InChI=1S/C27H37NO4/c1-6-25(29)28(19-21-12-13-23(30-4)24(18-21)31-5)16-14-27(22-10-8-7-9-11-22)15-17-32-26(2,3)20-27/h7-13,18H,6,14-17,19-20H2,1-5H3. The Morgan fingerprint density at radius 3 is 2.41 bits per heavy atom. The topological polar surface area (TPSA) is 48.0 Å². The smallest absolute Gasteiger partial charge is 0.222 e. The minimum absolute atomic E-state index is 0.00706. The summed E-state index contributed by atoms with van der Waals surface area (Å²) in [5.74, 6) is 1.53. The number of hydrogen-bond donors (Lipinski definition) is 0. The molecule has 0 bridgehead atoms. The summed E-state index contributed by atoms with van der Waals surface area (Å²) in [6.45, 7) is 8.25. The fraction of sp³-hybridized carbons (Fsp3) is 0.519. The highest BCUT2D eigenvalue weighted by Gasteiger charge is 2.42. The molecule has 0 aromatic heterocycles. The summed E-state index contributed by atoms with van der Waals surface area (Å²) in [6.07, 6.45) is 3.29. The van der Waals surface area contributed by atoms with Gasteiger partial charge in [0.05, 0.1) is 19.8 Å². The molecule has 1 saturated heterocycles. The van der Waals surface area contributed by atoms with Crippen molar-refractivity contribution in [2.75, 3.05) is 27.4 Å². The number of methoxy groups -OCH3 is 2. The van der Waals surface area contributed by atoms with Crippen LogP contribution in [-0.2, 0) is 21.5 Å². The second-order valence-electron chi connectivity index (χ2n) is 9.29. The van der Waals surface area contributed by atoms with E-state index in [9.17, 15) is 4.79 Å². The first-order chi connectivity index (χ1) is 15.3. The number of amides is 1. The Hall–Kier alpha value is -2.53. The van der Waals surface area contributed by atoms with Crippen molar-refractivity contribution in [2.24, 2.45) is 0 Å². The van der Waals surface area contributed by atoms with Crippen molar-refractivity contribution in [1.29, 1.82) is 0 Å². The molecule has 2 aromatic carbocycles. The Labute approximate surface area is 192 Å². The monoisotopic (exact) mass is 439 g/mol. The van der Waals surface area contributed by atoms with Crippen molar-refractivity contribution < 1.29 is 19.0 Å². The number of nitrogens with zero attached hydrogens (tertiary/aromatic N) is 1. The molecule has 5 nitrogen and oxygen atoms in total. The summed E-state index contributed by atoms with van der Waals surface area (Å²) in [7, 11) is 3.26. The quantitative estimate of drug-likeness (QED) is 0.528. The third-order valence-corrected chi connectivity index (χ3v) is 6.56. The predicted octanol–water partition coefficient (Wildman–Crippen LogP) is 5.36. The van der Waals surface area contributed by atoms with Crippen LogP contribution in [0.25, 0.3) is 0 Å². The molecule has 1 aliphatic heterocycles. The van der Waals surface area contributed by atoms with Crippen LogP contribution in [0.3, 0.4) is 0 Å². The first kappa shape index (κ1) is 24.1. The maximum absolute atomic E-state index is 12.9. The molecule has 0 spiro atoms. The van der Waals surface area contributed by atoms with Crippen LogP contribution in [0.15, 0.2) is 48.5 Å². The molecule has 1 fully saturated rings. The van der Waals surface area contributed by atoms with E-state index in [-0.39, 0.29) is 16.9 Å². The highest BCUT2D eigenvalue weighted by atomic mass is 16.5. The van der Waals surface area contributed by atoms with Crippen LogP contribution in [0, 0.1) is 0 Å². The third kappa shape index (κ3) is 5.63. The zero-order valence-corrected chi connectivity index (χ0v) is 20.1. The van der Waals surface area contributed by atoms with Gasteiger partial charge in [0.25, 0.3) is 0 Å². The second kappa shape index (κ2) is 10.4. The molecule has 0 aliphatic carbocycles. The van der Waals surface area contributed by atoms with Crippen LogP contribution in [0.1, 0.15) is 57.6 Å². The van der Waals surface area contributed by atoms with Gasteiger partial charge in [0, 0.05) is 31.5 Å². The van der Waals surface area contributed by atoms with Gasteiger partial charge in [-0.3, -0.25) is 4.79 Å². The molecule has 3 rings (SSSR count). The second-order valence-corrected chi connectivity index (χ2v) is 9.29. The van der Waals surface area contributed by atoms with Crippen LogP contribution in [0.4, 0.5) is 0 Å². The van der Waals surface area contributed by atoms with Crippen LogP contribution >= 0.6 is 0 Å². The van der Waals surface area contributed by atoms with Gasteiger partial charge in [0.2, 0.25) is 5.91 Å². The Balaban J connectivity index is 1.83. The first-order valence-electron chi connectivity index (χ1n) is 11.5. The highest BCUT2D eigenvalue weighted by Crippen LogP contribution is 2.44. The van der Waals surface area contributed by atoms with Crippen molar-refractivity contribution in [2.45, 2.75) is 64.0 Å². The first-order valence-corrected chi connectivity index (χ1v) is 11.5. The molecular formula is C27H37NO4. The zero-order valence-electron chi connectivity index (χ0n) is 20.1. The van der Waals surface area contributed by atoms with Crippen molar-refractivity contribution in [3.63, 3.8) is 0 Å². The minimum Gasteiger partial charge on any atom is -0.493 e. The van der Waals surface area contributed by atoms with E-state index in [2.05, 4.69) is 44.2 Å². The molecule has 1 aliphatic rings. The molecule has 174 valence electrons. The van der Waals surface area contributed by atoms with Crippen LogP contribution in [0.5, 0.6) is 11.5 Å². The van der Waals surface area contributed by atoms with Crippen molar-refractivity contribution in [3.8, 4) is 11.5 Å². The Kier molecular flexibility index (Phi) is 7.83. The molecular weight excluding hydrogens is 402 g/mol. The summed E-state index contributed by atoms with van der Waals surface area (Å²) in [5.41, 5.74) is 2.18. The molecule has 0 saturated carbocycles. The summed E-state index contributed by atoms with van der Waals surface area (Å²) >= 11 is 0. The van der Waals surface area contributed by atoms with Gasteiger partial charge in [-0.25, -0.2) is 0 Å². The van der Waals surface area contributed by atoms with E-state index in [0.29, 0.717) is 31.0 Å². The van der Waals surface area contributed by atoms with Crippen LogP contribution in [0.2, 0.25) is 0 Å². The third-order valence-electron chi connectivity index (χ3n) is 6.56. The Morgan fingerprint density at radius 2 is 1.78 bits per heavy atom. The van der Waals surface area contributed by atoms with Gasteiger partial charge >= 0.3 is 0 Å². The lowest BCUT2D eigenvalue weighted by Crippen LogP contribution is -2.46. The maximum Gasteiger partial charge on any atom is 0.222 e. The predicted molar refractivity (Wildman–Crippen MR) is 127 cm³/mol. The average molecular weight is 440 g/mol. The summed E-state index contributed by atoms with van der Waals surface area (Å²) < 4.78 is 16.9. The van der Waals surface area contributed by atoms with E-state index < -0.39 is 0 Å². The zero-order chi connectivity index (χ0) is 23.2. The van der Waals surface area contributed by atoms with Gasteiger partial charge in [0.15, 0.2) is 11.5 Å². The SMILES string of the molecule is CCC(=O)N(CCC1(c2ccccc2)CCOC(C)(C)C1)Cc1ccc(OC)c(OC)c1. The highest BCUT2D eigenvalue weighted by molar-refractivity contribution is 5.75. The minimum atomic E-state index is -0.183. The summed E-state index contributed by atoms with van der Waals surface area (Å²) in [5, 5.41) is 0. The lowest BCUT2D eigenvalue weighted by Gasteiger charge is -2.46. The molecule has 1 amide bonds. The van der Waals surface area contributed by atoms with Gasteiger partial charge < -0.3 is 19.1 Å². The van der Waals surface area contributed by atoms with Gasteiger partial charge in [0.1, 0.15) is 0 Å². The molecule has 0 radical (unpaired) electrons. The molecule has 1 unspecified atom stereocenters. The fourth-order valence-corrected chi connectivity index (χ4v) is 4.94. The number of ether oxygens (including phenoxy) is 3. The number of rotatable bonds is 9. The molecule has 2 aromatic rings. The van der Waals surface area contributed by atoms with E-state index in [0.717, 1.165) is 31.4 Å².